The zero-order chi connectivity index (χ0) is 13.9. The minimum absolute atomic E-state index is 0.144. The van der Waals surface area contributed by atoms with E-state index in [0.29, 0.717) is 12.5 Å². The average Bonchev–Trinajstić information content (AvgIpc) is 2.71. The first-order valence-corrected chi connectivity index (χ1v) is 8.44. The van der Waals surface area contributed by atoms with Crippen molar-refractivity contribution in [1.82, 2.24) is 5.32 Å². The molecule has 0 bridgehead atoms. The van der Waals surface area contributed by atoms with E-state index in [1.165, 1.54) is 5.56 Å². The van der Waals surface area contributed by atoms with Crippen LogP contribution >= 0.6 is 0 Å². The van der Waals surface area contributed by atoms with E-state index in [-0.39, 0.29) is 17.6 Å². The Morgan fingerprint density at radius 1 is 1.37 bits per heavy atom. The molecule has 1 aromatic carbocycles. The van der Waals surface area contributed by atoms with E-state index >= 15 is 0 Å². The first-order chi connectivity index (χ1) is 8.98. The van der Waals surface area contributed by atoms with Gasteiger partial charge in [0.1, 0.15) is 11.9 Å². The van der Waals surface area contributed by atoms with Gasteiger partial charge < -0.3 is 10.1 Å². The molecule has 0 aliphatic carbocycles. The maximum Gasteiger partial charge on any atom is 0.154 e. The molecule has 4 nitrogen and oxygen atoms in total. The summed E-state index contributed by atoms with van der Waals surface area (Å²) in [6.07, 6.45) is 1.38. The molecular formula is C14H21NO3S. The lowest BCUT2D eigenvalue weighted by Crippen LogP contribution is -2.23. The summed E-state index contributed by atoms with van der Waals surface area (Å²) >= 11 is 0. The Labute approximate surface area is 115 Å². The van der Waals surface area contributed by atoms with Gasteiger partial charge in [-0.3, -0.25) is 0 Å². The summed E-state index contributed by atoms with van der Waals surface area (Å²) in [7, 11) is -0.929. The van der Waals surface area contributed by atoms with Gasteiger partial charge in [-0.25, -0.2) is 8.42 Å². The molecule has 2 unspecified atom stereocenters. The summed E-state index contributed by atoms with van der Waals surface area (Å²) in [4.78, 5) is 0. The standard InChI is InChI=1S/C14H21NO3S/c1-11(15-2)9-12-3-5-13(6-4-12)18-14-7-8-19(16,17)10-14/h3-6,11,14-15H,7-10H2,1-2H3. The Kier molecular flexibility index (Phi) is 4.47. The number of nitrogens with one attached hydrogen (secondary N) is 1. The molecule has 1 heterocycles. The number of hydrogen-bond acceptors (Lipinski definition) is 4. The van der Waals surface area contributed by atoms with Gasteiger partial charge in [0.05, 0.1) is 11.5 Å². The van der Waals surface area contributed by atoms with Crippen LogP contribution < -0.4 is 10.1 Å². The largest absolute Gasteiger partial charge is 0.489 e. The number of ether oxygens (including phenoxy) is 1. The minimum atomic E-state index is -2.88. The third kappa shape index (κ3) is 4.21. The Bertz CT molecular complexity index is 510. The minimum Gasteiger partial charge on any atom is -0.489 e. The molecule has 0 aromatic heterocycles. The fourth-order valence-electron chi connectivity index (χ4n) is 2.21. The fourth-order valence-corrected chi connectivity index (χ4v) is 3.80. The Hall–Kier alpha value is -1.07. The van der Waals surface area contributed by atoms with Crippen molar-refractivity contribution in [3.8, 4) is 5.75 Å². The monoisotopic (exact) mass is 283 g/mol. The molecule has 1 aliphatic heterocycles. The molecule has 1 aromatic rings. The van der Waals surface area contributed by atoms with Gasteiger partial charge in [0.15, 0.2) is 9.84 Å². The SMILES string of the molecule is CNC(C)Cc1ccc(OC2CCS(=O)(=O)C2)cc1. The average molecular weight is 283 g/mol. The van der Waals surface area contributed by atoms with E-state index in [0.717, 1.165) is 12.2 Å². The van der Waals surface area contributed by atoms with Crippen molar-refractivity contribution in [3.05, 3.63) is 29.8 Å². The highest BCUT2D eigenvalue weighted by atomic mass is 32.2. The fraction of sp³-hybridized carbons (Fsp3) is 0.571. The van der Waals surface area contributed by atoms with E-state index in [2.05, 4.69) is 12.2 Å². The van der Waals surface area contributed by atoms with Gasteiger partial charge in [-0.05, 0) is 44.5 Å². The molecule has 1 aliphatic rings. The molecule has 2 rings (SSSR count). The maximum absolute atomic E-state index is 11.4. The Morgan fingerprint density at radius 3 is 2.58 bits per heavy atom. The molecule has 0 amide bonds. The van der Waals surface area contributed by atoms with E-state index in [1.807, 2.05) is 31.3 Å². The highest BCUT2D eigenvalue weighted by Gasteiger charge is 2.29. The van der Waals surface area contributed by atoms with Crippen molar-refractivity contribution in [2.45, 2.75) is 31.9 Å². The van der Waals surface area contributed by atoms with Crippen LogP contribution in [0, 0.1) is 0 Å². The highest BCUT2D eigenvalue weighted by molar-refractivity contribution is 7.91. The molecule has 0 spiro atoms. The quantitative estimate of drug-likeness (QED) is 0.887. The van der Waals surface area contributed by atoms with E-state index in [9.17, 15) is 8.42 Å². The molecule has 0 saturated carbocycles. The molecule has 5 heteroatoms. The van der Waals surface area contributed by atoms with Crippen molar-refractivity contribution in [3.63, 3.8) is 0 Å². The Morgan fingerprint density at radius 2 is 2.05 bits per heavy atom. The first-order valence-electron chi connectivity index (χ1n) is 6.62. The molecule has 2 atom stereocenters. The highest BCUT2D eigenvalue weighted by Crippen LogP contribution is 2.20. The maximum atomic E-state index is 11.4. The van der Waals surface area contributed by atoms with Crippen LogP contribution in [0.1, 0.15) is 18.9 Å². The third-order valence-corrected chi connectivity index (χ3v) is 5.19. The lowest BCUT2D eigenvalue weighted by atomic mass is 10.1. The van der Waals surface area contributed by atoms with Crippen molar-refractivity contribution in [2.24, 2.45) is 0 Å². The van der Waals surface area contributed by atoms with Crippen LogP contribution in [0.15, 0.2) is 24.3 Å². The lowest BCUT2D eigenvalue weighted by molar-refractivity contribution is 0.229. The van der Waals surface area contributed by atoms with E-state index < -0.39 is 9.84 Å². The van der Waals surface area contributed by atoms with E-state index in [1.54, 1.807) is 0 Å². The summed E-state index contributed by atoms with van der Waals surface area (Å²) in [5, 5.41) is 3.20. The molecule has 106 valence electrons. The second-order valence-corrected chi connectivity index (χ2v) is 7.41. The van der Waals surface area contributed by atoms with Gasteiger partial charge in [-0.1, -0.05) is 12.1 Å². The van der Waals surface area contributed by atoms with Crippen LogP contribution in [0.25, 0.3) is 0 Å². The van der Waals surface area contributed by atoms with Crippen molar-refractivity contribution >= 4 is 9.84 Å². The number of likely N-dealkylation sites (N-methyl/N-ethyl adjacent to an activating group) is 1. The number of benzene rings is 1. The second-order valence-electron chi connectivity index (χ2n) is 5.18. The predicted molar refractivity (Wildman–Crippen MR) is 76.4 cm³/mol. The molecule has 19 heavy (non-hydrogen) atoms. The van der Waals surface area contributed by atoms with Crippen LogP contribution in [0.5, 0.6) is 5.75 Å². The molecule has 1 fully saturated rings. The Balaban J connectivity index is 1.92. The van der Waals surface area contributed by atoms with Gasteiger partial charge in [-0.15, -0.1) is 0 Å². The van der Waals surface area contributed by atoms with Crippen LogP contribution in [-0.4, -0.2) is 39.1 Å². The van der Waals surface area contributed by atoms with Gasteiger partial charge in [0.2, 0.25) is 0 Å². The molecule has 0 radical (unpaired) electrons. The van der Waals surface area contributed by atoms with Gasteiger partial charge in [0, 0.05) is 6.04 Å². The number of hydrogen-bond donors (Lipinski definition) is 1. The molecular weight excluding hydrogens is 262 g/mol. The van der Waals surface area contributed by atoms with Gasteiger partial charge >= 0.3 is 0 Å². The topological polar surface area (TPSA) is 55.4 Å². The smallest absolute Gasteiger partial charge is 0.154 e. The zero-order valence-corrected chi connectivity index (χ0v) is 12.2. The summed E-state index contributed by atoms with van der Waals surface area (Å²) in [5.74, 6) is 1.14. The molecule has 1 saturated heterocycles. The van der Waals surface area contributed by atoms with Crippen LogP contribution in [-0.2, 0) is 16.3 Å². The van der Waals surface area contributed by atoms with Crippen molar-refractivity contribution in [1.29, 1.82) is 0 Å². The number of sulfone groups is 1. The third-order valence-electron chi connectivity index (χ3n) is 3.45. The summed E-state index contributed by atoms with van der Waals surface area (Å²) in [6.45, 7) is 2.13. The van der Waals surface area contributed by atoms with Crippen molar-refractivity contribution < 1.29 is 13.2 Å². The first kappa shape index (κ1) is 14.3. The summed E-state index contributed by atoms with van der Waals surface area (Å²) in [6, 6.07) is 8.34. The zero-order valence-electron chi connectivity index (χ0n) is 11.4. The van der Waals surface area contributed by atoms with Gasteiger partial charge in [0.25, 0.3) is 0 Å². The lowest BCUT2D eigenvalue weighted by Gasteiger charge is -2.13. The van der Waals surface area contributed by atoms with Crippen molar-refractivity contribution in [2.75, 3.05) is 18.6 Å². The summed E-state index contributed by atoms with van der Waals surface area (Å²) in [5.41, 5.74) is 1.24. The predicted octanol–water partition coefficient (Wildman–Crippen LogP) is 1.40. The van der Waals surface area contributed by atoms with Crippen LogP contribution in [0.3, 0.4) is 0 Å². The number of rotatable bonds is 5. The normalized spacial score (nSPS) is 23.2. The second kappa shape index (κ2) is 5.92. The van der Waals surface area contributed by atoms with Crippen LogP contribution in [0.2, 0.25) is 0 Å². The molecule has 1 N–H and O–H groups in total. The van der Waals surface area contributed by atoms with E-state index in [4.69, 9.17) is 4.74 Å². The van der Waals surface area contributed by atoms with Crippen LogP contribution in [0.4, 0.5) is 0 Å². The summed E-state index contributed by atoms with van der Waals surface area (Å²) < 4.78 is 28.4. The van der Waals surface area contributed by atoms with Gasteiger partial charge in [-0.2, -0.15) is 0 Å².